The summed E-state index contributed by atoms with van der Waals surface area (Å²) in [6.07, 6.45) is 5.93. The number of hydrogen-bond donors (Lipinski definition) is 3. The third-order valence-corrected chi connectivity index (χ3v) is 4.84. The van der Waals surface area contributed by atoms with Crippen molar-refractivity contribution >= 4 is 6.03 Å². The molecule has 136 valence electrons. The molecule has 1 aliphatic heterocycles. The van der Waals surface area contributed by atoms with Crippen molar-refractivity contribution in [2.45, 2.75) is 65.8 Å². The predicted octanol–water partition coefficient (Wildman–Crippen LogP) is 2.58. The molecule has 0 radical (unpaired) electrons. The lowest BCUT2D eigenvalue weighted by Crippen LogP contribution is -2.50. The van der Waals surface area contributed by atoms with Crippen LogP contribution in [0.1, 0.15) is 59.8 Å². The van der Waals surface area contributed by atoms with Crippen LogP contribution in [-0.4, -0.2) is 56.2 Å². The number of nitrogens with zero attached hydrogens (tertiary/aromatic N) is 1. The average molecular weight is 327 g/mol. The molecular formula is C18H38N4O. The molecule has 5 nitrogen and oxygen atoms in total. The molecule has 5 heteroatoms. The van der Waals surface area contributed by atoms with Gasteiger partial charge in [-0.05, 0) is 39.3 Å². The summed E-state index contributed by atoms with van der Waals surface area (Å²) in [5.41, 5.74) is 0.114. The molecule has 1 saturated heterocycles. The van der Waals surface area contributed by atoms with Crippen molar-refractivity contribution in [1.29, 1.82) is 0 Å². The van der Waals surface area contributed by atoms with Crippen LogP contribution in [0, 0.1) is 5.41 Å². The van der Waals surface area contributed by atoms with Crippen LogP contribution in [0.4, 0.5) is 4.79 Å². The van der Waals surface area contributed by atoms with Gasteiger partial charge in [-0.1, -0.05) is 33.6 Å². The van der Waals surface area contributed by atoms with Gasteiger partial charge in [0.15, 0.2) is 0 Å². The van der Waals surface area contributed by atoms with E-state index in [1.807, 2.05) is 4.90 Å². The number of hydrogen-bond acceptors (Lipinski definition) is 3. The topological polar surface area (TPSA) is 56.4 Å². The maximum atomic E-state index is 12.1. The Hall–Kier alpha value is -0.810. The van der Waals surface area contributed by atoms with Gasteiger partial charge in [-0.25, -0.2) is 4.79 Å². The molecule has 0 aromatic carbocycles. The van der Waals surface area contributed by atoms with Gasteiger partial charge in [0.25, 0.3) is 0 Å². The van der Waals surface area contributed by atoms with Gasteiger partial charge in [0.05, 0.1) is 0 Å². The highest BCUT2D eigenvalue weighted by atomic mass is 16.2. The van der Waals surface area contributed by atoms with Gasteiger partial charge in [0.2, 0.25) is 0 Å². The van der Waals surface area contributed by atoms with Crippen LogP contribution in [-0.2, 0) is 0 Å². The number of carbonyl (C=O) groups excluding carboxylic acids is 1. The van der Waals surface area contributed by atoms with Crippen molar-refractivity contribution < 1.29 is 4.79 Å². The lowest BCUT2D eigenvalue weighted by molar-refractivity contribution is 0.158. The molecule has 23 heavy (non-hydrogen) atoms. The lowest BCUT2D eigenvalue weighted by atomic mass is 9.83. The molecule has 1 fully saturated rings. The number of rotatable bonds is 13. The molecular weight excluding hydrogens is 288 g/mol. The van der Waals surface area contributed by atoms with Crippen LogP contribution >= 0.6 is 0 Å². The van der Waals surface area contributed by atoms with Crippen LogP contribution in [0.25, 0.3) is 0 Å². The number of unbranched alkanes of at least 4 members (excludes halogenated alkanes) is 2. The first-order valence-corrected chi connectivity index (χ1v) is 9.53. The molecule has 1 rings (SSSR count). The Bertz CT molecular complexity index is 323. The highest BCUT2D eigenvalue weighted by molar-refractivity contribution is 5.76. The van der Waals surface area contributed by atoms with E-state index in [0.29, 0.717) is 0 Å². The summed E-state index contributed by atoms with van der Waals surface area (Å²) in [5.74, 6) is 0. The normalized spacial score (nSPS) is 18.5. The Kier molecular flexibility index (Phi) is 9.56. The molecule has 0 saturated carbocycles. The second kappa shape index (κ2) is 10.9. The molecule has 0 aromatic rings. The third kappa shape index (κ3) is 7.08. The SMILES string of the molecule is CCCCNCC(CC)(CNCCCC)CN1CC(C)NC1=O. The Morgan fingerprint density at radius 3 is 2.09 bits per heavy atom. The number of urea groups is 1. The van der Waals surface area contributed by atoms with E-state index in [2.05, 4.69) is 43.6 Å². The molecule has 0 aliphatic carbocycles. The summed E-state index contributed by atoms with van der Waals surface area (Å²) < 4.78 is 0. The molecule has 0 bridgehead atoms. The van der Waals surface area contributed by atoms with Gasteiger partial charge in [-0.2, -0.15) is 0 Å². The van der Waals surface area contributed by atoms with E-state index in [1.54, 1.807) is 0 Å². The number of amides is 2. The van der Waals surface area contributed by atoms with Crippen LogP contribution in [0.15, 0.2) is 0 Å². The first kappa shape index (κ1) is 20.2. The summed E-state index contributed by atoms with van der Waals surface area (Å²) in [5, 5.41) is 10.3. The van der Waals surface area contributed by atoms with Crippen molar-refractivity contribution in [2.75, 3.05) is 39.3 Å². The minimum absolute atomic E-state index is 0.0949. The Morgan fingerprint density at radius 2 is 1.70 bits per heavy atom. The Balaban J connectivity index is 2.61. The largest absolute Gasteiger partial charge is 0.334 e. The van der Waals surface area contributed by atoms with Gasteiger partial charge in [0.1, 0.15) is 0 Å². The van der Waals surface area contributed by atoms with Gasteiger partial charge >= 0.3 is 6.03 Å². The molecule has 1 aliphatic rings. The Labute approximate surface area is 143 Å². The van der Waals surface area contributed by atoms with Crippen LogP contribution < -0.4 is 16.0 Å². The highest BCUT2D eigenvalue weighted by Gasteiger charge is 2.35. The van der Waals surface area contributed by atoms with Crippen LogP contribution in [0.3, 0.4) is 0 Å². The first-order chi connectivity index (χ1) is 11.1. The average Bonchev–Trinajstić information content (AvgIpc) is 2.85. The van der Waals surface area contributed by atoms with E-state index in [9.17, 15) is 4.79 Å². The summed E-state index contributed by atoms with van der Waals surface area (Å²) in [6.45, 7) is 14.5. The molecule has 0 aromatic heterocycles. The van der Waals surface area contributed by atoms with Crippen molar-refractivity contribution in [3.63, 3.8) is 0 Å². The molecule has 2 amide bonds. The van der Waals surface area contributed by atoms with Crippen molar-refractivity contribution in [2.24, 2.45) is 5.41 Å². The molecule has 0 spiro atoms. The van der Waals surface area contributed by atoms with E-state index in [0.717, 1.165) is 45.7 Å². The van der Waals surface area contributed by atoms with Gasteiger partial charge in [-0.15, -0.1) is 0 Å². The fourth-order valence-electron chi connectivity index (χ4n) is 3.15. The van der Waals surface area contributed by atoms with Gasteiger partial charge in [0, 0.05) is 37.6 Å². The quantitative estimate of drug-likeness (QED) is 0.456. The first-order valence-electron chi connectivity index (χ1n) is 9.53. The predicted molar refractivity (Wildman–Crippen MR) is 97.8 cm³/mol. The smallest absolute Gasteiger partial charge is 0.317 e. The van der Waals surface area contributed by atoms with E-state index < -0.39 is 0 Å². The fourth-order valence-corrected chi connectivity index (χ4v) is 3.15. The minimum Gasteiger partial charge on any atom is -0.334 e. The molecule has 3 N–H and O–H groups in total. The number of carbonyl (C=O) groups is 1. The van der Waals surface area contributed by atoms with Crippen molar-refractivity contribution in [1.82, 2.24) is 20.9 Å². The second-order valence-corrected chi connectivity index (χ2v) is 7.15. The summed E-state index contributed by atoms with van der Waals surface area (Å²) >= 11 is 0. The zero-order valence-electron chi connectivity index (χ0n) is 15.7. The van der Waals surface area contributed by atoms with E-state index in [4.69, 9.17) is 0 Å². The molecule has 1 unspecified atom stereocenters. The highest BCUT2D eigenvalue weighted by Crippen LogP contribution is 2.24. The zero-order valence-corrected chi connectivity index (χ0v) is 15.7. The van der Waals surface area contributed by atoms with Crippen molar-refractivity contribution in [3.8, 4) is 0 Å². The summed E-state index contributed by atoms with van der Waals surface area (Å²) in [7, 11) is 0. The second-order valence-electron chi connectivity index (χ2n) is 7.15. The number of nitrogens with one attached hydrogen (secondary N) is 3. The van der Waals surface area contributed by atoms with Crippen LogP contribution in [0.5, 0.6) is 0 Å². The van der Waals surface area contributed by atoms with Crippen molar-refractivity contribution in [3.05, 3.63) is 0 Å². The minimum atomic E-state index is 0.0949. The van der Waals surface area contributed by atoms with Gasteiger partial charge < -0.3 is 20.9 Å². The Morgan fingerprint density at radius 1 is 1.13 bits per heavy atom. The summed E-state index contributed by atoms with van der Waals surface area (Å²) in [4.78, 5) is 14.1. The monoisotopic (exact) mass is 326 g/mol. The third-order valence-electron chi connectivity index (χ3n) is 4.84. The molecule has 1 heterocycles. The van der Waals surface area contributed by atoms with E-state index in [1.165, 1.54) is 25.7 Å². The van der Waals surface area contributed by atoms with Crippen LogP contribution in [0.2, 0.25) is 0 Å². The summed E-state index contributed by atoms with van der Waals surface area (Å²) in [6, 6.07) is 0.357. The van der Waals surface area contributed by atoms with E-state index in [-0.39, 0.29) is 17.5 Å². The lowest BCUT2D eigenvalue weighted by Gasteiger charge is -2.37. The maximum absolute atomic E-state index is 12.1. The molecule has 1 atom stereocenters. The standard InChI is InChI=1S/C18H38N4O/c1-5-8-10-19-13-18(7-3,14-20-11-9-6-2)15-22-12-16(4)21-17(22)23/h16,19-20H,5-15H2,1-4H3,(H,21,23). The fraction of sp³-hybridized carbons (Fsp3) is 0.944. The maximum Gasteiger partial charge on any atom is 0.317 e. The zero-order chi connectivity index (χ0) is 17.1. The van der Waals surface area contributed by atoms with E-state index >= 15 is 0 Å². The van der Waals surface area contributed by atoms with Gasteiger partial charge in [-0.3, -0.25) is 0 Å².